The van der Waals surface area contributed by atoms with Crippen LogP contribution in [0.3, 0.4) is 0 Å². The number of carbonyl (C=O) groups excluding carboxylic acids is 2. The Morgan fingerprint density at radius 3 is 2.78 bits per heavy atom. The maximum absolute atomic E-state index is 14.2. The van der Waals surface area contributed by atoms with Crippen molar-refractivity contribution in [3.05, 3.63) is 76.3 Å². The van der Waals surface area contributed by atoms with Gasteiger partial charge in [-0.1, -0.05) is 19.4 Å². The molecule has 2 heterocycles. The fourth-order valence-corrected chi connectivity index (χ4v) is 9.51. The number of allylic oxidation sites excluding steroid dienone is 1. The van der Waals surface area contributed by atoms with Gasteiger partial charge in [-0.15, -0.1) is 0 Å². The fraction of sp³-hybridized carbons (Fsp3) is 0.486. The van der Waals surface area contributed by atoms with Crippen LogP contribution in [0.1, 0.15) is 79.0 Å². The average molecular weight is 630 g/mol. The maximum Gasteiger partial charge on any atom is 0.421 e. The second-order valence-corrected chi connectivity index (χ2v) is 13.7. The number of fused-ring (bicyclic) bond motifs is 6. The van der Waals surface area contributed by atoms with E-state index in [4.69, 9.17) is 19.3 Å². The van der Waals surface area contributed by atoms with Gasteiger partial charge in [0.25, 0.3) is 0 Å². The van der Waals surface area contributed by atoms with Crippen LogP contribution in [0.4, 0.5) is 4.39 Å². The summed E-state index contributed by atoms with van der Waals surface area (Å²) >= 11 is 0. The zero-order chi connectivity index (χ0) is 32.4. The van der Waals surface area contributed by atoms with Crippen LogP contribution in [0.15, 0.2) is 46.6 Å². The number of aromatic nitrogens is 2. The van der Waals surface area contributed by atoms with Crippen molar-refractivity contribution in [2.45, 2.75) is 71.5 Å². The summed E-state index contributed by atoms with van der Waals surface area (Å²) in [6, 6.07) is 9.70. The van der Waals surface area contributed by atoms with Crippen molar-refractivity contribution < 1.29 is 38.4 Å². The first kappa shape index (κ1) is 30.4. The van der Waals surface area contributed by atoms with Crippen molar-refractivity contribution in [2.24, 2.45) is 34.5 Å². The Hall–Kier alpha value is -4.27. The normalized spacial score (nSPS) is 31.0. The smallest absolute Gasteiger partial charge is 0.421 e. The van der Waals surface area contributed by atoms with Gasteiger partial charge in [0.15, 0.2) is 0 Å². The summed E-state index contributed by atoms with van der Waals surface area (Å²) in [5.74, 6) is -2.34. The van der Waals surface area contributed by atoms with Gasteiger partial charge in [0, 0.05) is 11.1 Å². The highest BCUT2D eigenvalue weighted by Crippen LogP contribution is 2.67. The van der Waals surface area contributed by atoms with Gasteiger partial charge in [0.05, 0.1) is 54.5 Å². The Morgan fingerprint density at radius 1 is 1.22 bits per heavy atom. The molecule has 4 aliphatic rings. The quantitative estimate of drug-likeness (QED) is 0.285. The van der Waals surface area contributed by atoms with Crippen LogP contribution >= 0.6 is 0 Å². The minimum Gasteiger partial charge on any atom is -0.457 e. The molecule has 0 amide bonds. The molecule has 3 aromatic rings. The SMILES string of the molecule is C[C@]12C[C@H](O)[C@H]3[C@@H](CCC4=Cc5c(c(CC#N)nn5-c5ccc(F)c(CO)c5)C[C@@]43C)[C@@H]1CC[C@H]2C(=O)OOC(=O)c1ccco1. The molecule has 0 bridgehead atoms. The molecule has 2 N–H and O–H groups in total. The molecule has 1 aromatic carbocycles. The predicted molar refractivity (Wildman–Crippen MR) is 160 cm³/mol. The van der Waals surface area contributed by atoms with E-state index in [0.717, 1.165) is 30.5 Å². The third kappa shape index (κ3) is 4.61. The van der Waals surface area contributed by atoms with E-state index in [0.29, 0.717) is 30.6 Å². The number of carbonyl (C=O) groups is 2. The number of hydrogen-bond donors (Lipinski definition) is 2. The van der Waals surface area contributed by atoms with Crippen molar-refractivity contribution in [2.75, 3.05) is 0 Å². The molecule has 10 nitrogen and oxygen atoms in total. The summed E-state index contributed by atoms with van der Waals surface area (Å²) in [6.45, 7) is 3.81. The zero-order valence-corrected chi connectivity index (χ0v) is 25.7. The number of furan rings is 1. The lowest BCUT2D eigenvalue weighted by Crippen LogP contribution is -2.57. The maximum atomic E-state index is 14.2. The zero-order valence-electron chi connectivity index (χ0n) is 25.7. The highest BCUT2D eigenvalue weighted by molar-refractivity contribution is 5.86. The van der Waals surface area contributed by atoms with Gasteiger partial charge in [0.1, 0.15) is 5.82 Å². The summed E-state index contributed by atoms with van der Waals surface area (Å²) < 4.78 is 21.0. The van der Waals surface area contributed by atoms with Crippen LogP contribution in [0.2, 0.25) is 0 Å². The van der Waals surface area contributed by atoms with Crippen molar-refractivity contribution in [1.29, 1.82) is 5.26 Å². The number of aliphatic hydroxyl groups excluding tert-OH is 2. The van der Waals surface area contributed by atoms with Gasteiger partial charge >= 0.3 is 11.9 Å². The first-order chi connectivity index (χ1) is 22.1. The summed E-state index contributed by atoms with van der Waals surface area (Å²) in [7, 11) is 0. The molecule has 3 fully saturated rings. The van der Waals surface area contributed by atoms with E-state index in [1.165, 1.54) is 30.0 Å². The first-order valence-electron chi connectivity index (χ1n) is 15.8. The van der Waals surface area contributed by atoms with Crippen LogP contribution in [0.25, 0.3) is 11.8 Å². The summed E-state index contributed by atoms with van der Waals surface area (Å²) in [6.07, 6.45) is 6.89. The number of rotatable bonds is 5. The Bertz CT molecular complexity index is 1770. The summed E-state index contributed by atoms with van der Waals surface area (Å²) in [4.78, 5) is 35.3. The Labute approximate surface area is 265 Å². The van der Waals surface area contributed by atoms with E-state index >= 15 is 0 Å². The molecule has 2 aromatic heterocycles. The largest absolute Gasteiger partial charge is 0.457 e. The van der Waals surface area contributed by atoms with Crippen molar-refractivity contribution in [3.8, 4) is 11.8 Å². The third-order valence-corrected chi connectivity index (χ3v) is 11.5. The number of nitrogens with zero attached hydrogens (tertiary/aromatic N) is 3. The fourth-order valence-electron chi connectivity index (χ4n) is 9.51. The topological polar surface area (TPSA) is 148 Å². The van der Waals surface area contributed by atoms with Crippen LogP contribution in [0.5, 0.6) is 0 Å². The van der Waals surface area contributed by atoms with E-state index in [1.54, 1.807) is 16.8 Å². The Morgan fingerprint density at radius 2 is 2.04 bits per heavy atom. The van der Waals surface area contributed by atoms with Crippen LogP contribution in [0, 0.1) is 51.6 Å². The van der Waals surface area contributed by atoms with Crippen LogP contribution < -0.4 is 0 Å². The van der Waals surface area contributed by atoms with E-state index in [-0.39, 0.29) is 35.5 Å². The minimum atomic E-state index is -0.884. The van der Waals surface area contributed by atoms with E-state index in [2.05, 4.69) is 26.0 Å². The van der Waals surface area contributed by atoms with Gasteiger partial charge in [0.2, 0.25) is 5.76 Å². The highest BCUT2D eigenvalue weighted by Gasteiger charge is 2.64. The molecule has 3 saturated carbocycles. The second kappa shape index (κ2) is 11.2. The minimum absolute atomic E-state index is 0.0646. The summed E-state index contributed by atoms with van der Waals surface area (Å²) in [5, 5.41) is 36.1. The Balaban J connectivity index is 1.17. The molecular formula is C35H36FN3O7. The number of halogens is 1. The molecule has 0 unspecified atom stereocenters. The Kier molecular flexibility index (Phi) is 7.41. The van der Waals surface area contributed by atoms with E-state index in [9.17, 15) is 29.5 Å². The average Bonchev–Trinajstić information content (AvgIpc) is 3.77. The van der Waals surface area contributed by atoms with E-state index < -0.39 is 47.2 Å². The molecule has 0 spiro atoms. The molecule has 0 saturated heterocycles. The number of aliphatic hydroxyl groups is 2. The summed E-state index contributed by atoms with van der Waals surface area (Å²) in [5.41, 5.74) is 3.48. The molecule has 7 rings (SSSR count). The van der Waals surface area contributed by atoms with Gasteiger partial charge in [-0.05, 0) is 104 Å². The number of nitriles is 1. The highest BCUT2D eigenvalue weighted by atomic mass is 19.1. The van der Waals surface area contributed by atoms with Crippen LogP contribution in [-0.4, -0.2) is 38.0 Å². The van der Waals surface area contributed by atoms with Crippen molar-refractivity contribution >= 4 is 18.0 Å². The number of benzene rings is 1. The van der Waals surface area contributed by atoms with Crippen molar-refractivity contribution in [3.63, 3.8) is 0 Å². The third-order valence-electron chi connectivity index (χ3n) is 11.5. The lowest BCUT2D eigenvalue weighted by molar-refractivity contribution is -0.244. The van der Waals surface area contributed by atoms with Gasteiger partial charge in [-0.2, -0.15) is 10.4 Å². The molecule has 240 valence electrons. The molecule has 0 aliphatic heterocycles. The predicted octanol–water partition coefficient (Wildman–Crippen LogP) is 5.25. The lowest BCUT2D eigenvalue weighted by atomic mass is 9.46. The first-order valence-corrected chi connectivity index (χ1v) is 15.8. The van der Waals surface area contributed by atoms with E-state index in [1.807, 2.05) is 0 Å². The lowest BCUT2D eigenvalue weighted by Gasteiger charge is -2.59. The van der Waals surface area contributed by atoms with Gasteiger partial charge in [-0.3, -0.25) is 0 Å². The molecule has 11 heteroatoms. The van der Waals surface area contributed by atoms with Crippen molar-refractivity contribution in [1.82, 2.24) is 9.78 Å². The molecule has 7 atom stereocenters. The van der Waals surface area contributed by atoms with Gasteiger partial charge in [-0.25, -0.2) is 28.4 Å². The molecule has 4 aliphatic carbocycles. The molecule has 46 heavy (non-hydrogen) atoms. The molecular weight excluding hydrogens is 593 g/mol. The monoisotopic (exact) mass is 629 g/mol. The standard InChI is InChI=1S/C35H36FN3O7/c1-34-16-23-27(11-12-37)38-39(21-6-10-26(36)19(14-21)18-40)28(23)15-20(34)5-7-22-24-8-9-25(35(24,2)17-29(41)31(22)34)32(42)45-46-33(43)30-4-3-13-44-30/h3-4,6,10,13-15,22,24-25,29,31,40-41H,5,7-9,11,16-18H2,1-2H3/t22-,24-,25-,29-,31+,34-,35-/m0/s1. The van der Waals surface area contributed by atoms with Gasteiger partial charge < -0.3 is 14.6 Å². The van der Waals surface area contributed by atoms with Crippen LogP contribution in [-0.2, 0) is 34.0 Å². The number of hydrogen-bond acceptors (Lipinski definition) is 9. The second-order valence-electron chi connectivity index (χ2n) is 13.7. The molecule has 0 radical (unpaired) electrons.